The van der Waals surface area contributed by atoms with E-state index in [1.54, 1.807) is 0 Å². The molecule has 0 saturated carbocycles. The fourth-order valence-electron chi connectivity index (χ4n) is 4.94. The molecule has 5 rings (SSSR count). The van der Waals surface area contributed by atoms with Crippen molar-refractivity contribution in [2.45, 2.75) is 38.1 Å². The number of fused-ring (bicyclic) bond motifs is 2. The lowest BCUT2D eigenvalue weighted by atomic mass is 10.0. The van der Waals surface area contributed by atoms with Crippen molar-refractivity contribution in [3.05, 3.63) is 82.5 Å². The monoisotopic (exact) mass is 479 g/mol. The molecule has 1 unspecified atom stereocenters. The Morgan fingerprint density at radius 3 is 2.71 bits per heavy atom. The number of rotatable bonds is 8. The number of nitrogens with one attached hydrogen (secondary N) is 1. The Labute approximate surface area is 202 Å². The predicted molar refractivity (Wildman–Crippen MR) is 129 cm³/mol. The van der Waals surface area contributed by atoms with E-state index >= 15 is 0 Å². The molecule has 182 valence electrons. The average Bonchev–Trinajstić information content (AvgIpc) is 3.25. The second kappa shape index (κ2) is 9.90. The highest BCUT2D eigenvalue weighted by atomic mass is 19.1. The molecule has 0 aliphatic carbocycles. The van der Waals surface area contributed by atoms with E-state index in [9.17, 15) is 18.7 Å². The molecule has 0 fully saturated rings. The lowest BCUT2D eigenvalue weighted by molar-refractivity contribution is -0.137. The van der Waals surface area contributed by atoms with Crippen LogP contribution in [0.1, 0.15) is 41.3 Å². The molecule has 0 amide bonds. The fraction of sp³-hybridized carbons (Fsp3) is 0.333. The van der Waals surface area contributed by atoms with Gasteiger partial charge in [-0.15, -0.1) is 0 Å². The predicted octanol–water partition coefficient (Wildman–Crippen LogP) is 4.92. The molecular weight excluding hydrogens is 452 g/mol. The zero-order valence-corrected chi connectivity index (χ0v) is 19.3. The summed E-state index contributed by atoms with van der Waals surface area (Å²) >= 11 is 0. The largest absolute Gasteiger partial charge is 0.493 e. The van der Waals surface area contributed by atoms with Gasteiger partial charge >= 0.3 is 5.97 Å². The number of anilines is 2. The van der Waals surface area contributed by atoms with Crippen molar-refractivity contribution in [3.8, 4) is 5.75 Å². The Balaban J connectivity index is 1.28. The first-order chi connectivity index (χ1) is 17.0. The van der Waals surface area contributed by atoms with Crippen molar-refractivity contribution < 1.29 is 23.4 Å². The van der Waals surface area contributed by atoms with Crippen LogP contribution in [0, 0.1) is 11.6 Å². The van der Waals surface area contributed by atoms with Crippen molar-refractivity contribution in [1.29, 1.82) is 0 Å². The maximum Gasteiger partial charge on any atom is 0.305 e. The normalized spacial score (nSPS) is 15.2. The lowest BCUT2D eigenvalue weighted by Crippen LogP contribution is -2.29. The van der Waals surface area contributed by atoms with Gasteiger partial charge in [0.05, 0.1) is 19.1 Å². The summed E-state index contributed by atoms with van der Waals surface area (Å²) in [4.78, 5) is 18.2. The van der Waals surface area contributed by atoms with Gasteiger partial charge in [-0.1, -0.05) is 6.07 Å². The standard InChI is InChI=1S/C27H27F2N3O3/c28-20-12-19(13-21(29)15-20)25(16-26(33)34)32-10-7-18-14-23(5-6-24(18)32)35-11-8-22-4-3-17-2-1-9-30-27(17)31-22/h3-6,12-15,25H,1-2,7-11,16H2,(H,30,31)(H,33,34). The van der Waals surface area contributed by atoms with E-state index in [2.05, 4.69) is 11.4 Å². The molecule has 2 aromatic carbocycles. The highest BCUT2D eigenvalue weighted by Gasteiger charge is 2.30. The van der Waals surface area contributed by atoms with Gasteiger partial charge in [0.1, 0.15) is 23.2 Å². The van der Waals surface area contributed by atoms with E-state index in [0.29, 0.717) is 31.6 Å². The number of carboxylic acids is 1. The topological polar surface area (TPSA) is 74.7 Å². The summed E-state index contributed by atoms with van der Waals surface area (Å²) in [6, 6.07) is 12.4. The van der Waals surface area contributed by atoms with Gasteiger partial charge in [-0.25, -0.2) is 13.8 Å². The van der Waals surface area contributed by atoms with Crippen LogP contribution in [0.2, 0.25) is 0 Å². The van der Waals surface area contributed by atoms with Gasteiger partial charge in [0.15, 0.2) is 0 Å². The van der Waals surface area contributed by atoms with Crippen molar-refractivity contribution in [2.75, 3.05) is 29.9 Å². The maximum absolute atomic E-state index is 13.9. The molecule has 6 nitrogen and oxygen atoms in total. The Hall–Kier alpha value is -3.68. The number of hydrogen-bond donors (Lipinski definition) is 2. The first-order valence-electron chi connectivity index (χ1n) is 11.9. The van der Waals surface area contributed by atoms with E-state index in [1.807, 2.05) is 29.2 Å². The van der Waals surface area contributed by atoms with Crippen LogP contribution in [-0.4, -0.2) is 35.8 Å². The van der Waals surface area contributed by atoms with Gasteiger partial charge in [-0.05, 0) is 72.4 Å². The van der Waals surface area contributed by atoms with Gasteiger partial charge in [0.25, 0.3) is 0 Å². The molecule has 0 radical (unpaired) electrons. The SMILES string of the molecule is O=C(O)CC(c1cc(F)cc(F)c1)N1CCc2cc(OCCc3ccc4c(n3)NCCC4)ccc21. The summed E-state index contributed by atoms with van der Waals surface area (Å²) in [7, 11) is 0. The quantitative estimate of drug-likeness (QED) is 0.478. The molecule has 1 atom stereocenters. The summed E-state index contributed by atoms with van der Waals surface area (Å²) in [5.74, 6) is -0.765. The first kappa shape index (κ1) is 23.1. The molecule has 8 heteroatoms. The summed E-state index contributed by atoms with van der Waals surface area (Å²) in [5.41, 5.74) is 4.42. The van der Waals surface area contributed by atoms with E-state index in [1.165, 1.54) is 17.7 Å². The first-order valence-corrected chi connectivity index (χ1v) is 11.9. The minimum atomic E-state index is -1.03. The minimum Gasteiger partial charge on any atom is -0.493 e. The van der Waals surface area contributed by atoms with Crippen molar-refractivity contribution in [3.63, 3.8) is 0 Å². The summed E-state index contributed by atoms with van der Waals surface area (Å²) in [6.45, 7) is 1.99. The van der Waals surface area contributed by atoms with Crippen molar-refractivity contribution in [2.24, 2.45) is 0 Å². The lowest BCUT2D eigenvalue weighted by Gasteiger charge is -2.30. The summed E-state index contributed by atoms with van der Waals surface area (Å²) in [5, 5.41) is 12.8. The third kappa shape index (κ3) is 5.21. The average molecular weight is 480 g/mol. The van der Waals surface area contributed by atoms with Crippen LogP contribution in [0.25, 0.3) is 0 Å². The number of carbonyl (C=O) groups is 1. The van der Waals surface area contributed by atoms with Crippen molar-refractivity contribution >= 4 is 17.5 Å². The molecule has 2 N–H and O–H groups in total. The molecule has 35 heavy (non-hydrogen) atoms. The fourth-order valence-corrected chi connectivity index (χ4v) is 4.94. The smallest absolute Gasteiger partial charge is 0.305 e. The Bertz CT molecular complexity index is 1230. The van der Waals surface area contributed by atoms with Gasteiger partial charge in [0.2, 0.25) is 0 Å². The van der Waals surface area contributed by atoms with Gasteiger partial charge in [-0.2, -0.15) is 0 Å². The van der Waals surface area contributed by atoms with E-state index in [0.717, 1.165) is 54.0 Å². The van der Waals surface area contributed by atoms with Crippen LogP contribution in [0.15, 0.2) is 48.5 Å². The minimum absolute atomic E-state index is 0.261. The molecule has 0 bridgehead atoms. The Morgan fingerprint density at radius 1 is 1.09 bits per heavy atom. The van der Waals surface area contributed by atoms with Gasteiger partial charge < -0.3 is 20.1 Å². The third-order valence-electron chi connectivity index (χ3n) is 6.58. The van der Waals surface area contributed by atoms with Gasteiger partial charge in [-0.3, -0.25) is 4.79 Å². The summed E-state index contributed by atoms with van der Waals surface area (Å²) < 4.78 is 33.7. The summed E-state index contributed by atoms with van der Waals surface area (Å²) in [6.07, 6.45) is 3.30. The van der Waals surface area contributed by atoms with Crippen LogP contribution in [-0.2, 0) is 24.1 Å². The zero-order chi connectivity index (χ0) is 24.4. The number of benzene rings is 2. The van der Waals surface area contributed by atoms with Crippen LogP contribution in [0.4, 0.5) is 20.3 Å². The number of ether oxygens (including phenoxy) is 1. The van der Waals surface area contributed by atoms with E-state index in [4.69, 9.17) is 9.72 Å². The number of pyridine rings is 1. The molecule has 1 aromatic heterocycles. The van der Waals surface area contributed by atoms with E-state index < -0.39 is 23.6 Å². The number of carboxylic acid groups (broad SMARTS) is 1. The molecule has 0 saturated heterocycles. The molecule has 3 heterocycles. The van der Waals surface area contributed by atoms with Crippen LogP contribution >= 0.6 is 0 Å². The molecular formula is C27H27F2N3O3. The zero-order valence-electron chi connectivity index (χ0n) is 19.3. The van der Waals surface area contributed by atoms with E-state index in [-0.39, 0.29) is 6.42 Å². The Kier molecular flexibility index (Phi) is 6.53. The number of hydrogen-bond acceptors (Lipinski definition) is 5. The second-order valence-electron chi connectivity index (χ2n) is 8.99. The van der Waals surface area contributed by atoms with Crippen LogP contribution < -0.4 is 15.0 Å². The molecule has 3 aromatic rings. The highest BCUT2D eigenvalue weighted by Crippen LogP contribution is 2.39. The molecule has 2 aliphatic heterocycles. The van der Waals surface area contributed by atoms with Crippen LogP contribution in [0.3, 0.4) is 0 Å². The van der Waals surface area contributed by atoms with Crippen LogP contribution in [0.5, 0.6) is 5.75 Å². The molecule has 2 aliphatic rings. The number of aryl methyl sites for hydroxylation is 1. The maximum atomic E-state index is 13.9. The number of nitrogens with zero attached hydrogens (tertiary/aromatic N) is 2. The number of aromatic nitrogens is 1. The highest BCUT2D eigenvalue weighted by molar-refractivity contribution is 5.70. The van der Waals surface area contributed by atoms with Gasteiger partial charge in [0, 0.05) is 37.0 Å². The molecule has 0 spiro atoms. The van der Waals surface area contributed by atoms with Crippen molar-refractivity contribution in [1.82, 2.24) is 4.98 Å². The number of aliphatic carboxylic acids is 1. The second-order valence-corrected chi connectivity index (χ2v) is 8.99. The Morgan fingerprint density at radius 2 is 1.91 bits per heavy atom. The third-order valence-corrected chi connectivity index (χ3v) is 6.58. The number of halogens is 2.